The molecule has 170 valence electrons. The number of hydrogen-bond donors (Lipinski definition) is 3. The monoisotopic (exact) mass is 435 g/mol. The lowest BCUT2D eigenvalue weighted by Gasteiger charge is -2.23. The molecular weight excluding hydrogens is 406 g/mol. The van der Waals surface area contributed by atoms with Crippen LogP contribution in [0.3, 0.4) is 0 Å². The Labute approximate surface area is 180 Å². The van der Waals surface area contributed by atoms with E-state index >= 15 is 0 Å². The number of ketones is 1. The number of nitrogens with two attached hydrogens (primary N) is 1. The minimum Gasteiger partial charge on any atom is -0.460 e. The van der Waals surface area contributed by atoms with Gasteiger partial charge in [0.05, 0.1) is 12.5 Å². The Morgan fingerprint density at radius 1 is 1.03 bits per heavy atom. The molecule has 10 heteroatoms. The fourth-order valence-corrected chi connectivity index (χ4v) is 2.34. The van der Waals surface area contributed by atoms with E-state index < -0.39 is 60.2 Å². The molecule has 4 N–H and O–H groups in total. The van der Waals surface area contributed by atoms with Crippen LogP contribution in [0.5, 0.6) is 0 Å². The topological polar surface area (TPSA) is 154 Å². The van der Waals surface area contributed by atoms with Gasteiger partial charge in [-0.05, 0) is 33.3 Å². The molecule has 0 spiro atoms. The minimum atomic E-state index is -1.34. The van der Waals surface area contributed by atoms with Gasteiger partial charge in [-0.3, -0.25) is 19.2 Å². The Bertz CT molecular complexity index is 803. The van der Waals surface area contributed by atoms with Crippen molar-refractivity contribution < 1.29 is 33.4 Å². The zero-order valence-electron chi connectivity index (χ0n) is 18.1. The predicted octanol–water partition coefficient (Wildman–Crippen LogP) is 0.962. The summed E-state index contributed by atoms with van der Waals surface area (Å²) in [5, 5.41) is 4.61. The number of carbonyl (C=O) groups is 5. The highest BCUT2D eigenvalue weighted by molar-refractivity contribution is 6.00. The van der Waals surface area contributed by atoms with Crippen molar-refractivity contribution in [2.45, 2.75) is 64.8 Å². The molecule has 0 saturated heterocycles. The summed E-state index contributed by atoms with van der Waals surface area (Å²) in [6.45, 7) is 6.29. The van der Waals surface area contributed by atoms with E-state index in [2.05, 4.69) is 10.6 Å². The van der Waals surface area contributed by atoms with E-state index in [-0.39, 0.29) is 6.61 Å². The third-order valence-electron chi connectivity index (χ3n) is 3.82. The van der Waals surface area contributed by atoms with E-state index in [0.717, 1.165) is 5.56 Å². The van der Waals surface area contributed by atoms with Crippen molar-refractivity contribution in [1.82, 2.24) is 10.6 Å². The Balaban J connectivity index is 2.59. The molecule has 0 aliphatic heterocycles. The van der Waals surface area contributed by atoms with Crippen molar-refractivity contribution >= 4 is 29.7 Å². The van der Waals surface area contributed by atoms with Gasteiger partial charge in [0.15, 0.2) is 5.78 Å². The smallest absolute Gasteiger partial charge is 0.408 e. The second-order valence-electron chi connectivity index (χ2n) is 7.89. The number of primary amides is 1. The number of carbonyl (C=O) groups excluding carboxylic acids is 5. The first-order valence-corrected chi connectivity index (χ1v) is 9.68. The summed E-state index contributed by atoms with van der Waals surface area (Å²) in [6.07, 6.45) is -1.96. The van der Waals surface area contributed by atoms with Gasteiger partial charge >= 0.3 is 12.1 Å². The van der Waals surface area contributed by atoms with Gasteiger partial charge in [-0.2, -0.15) is 0 Å². The number of alkyl carbamates (subject to hydrolysis) is 1. The van der Waals surface area contributed by atoms with Crippen LogP contribution in [0.2, 0.25) is 0 Å². The molecule has 0 radical (unpaired) electrons. The highest BCUT2D eigenvalue weighted by Crippen LogP contribution is 2.08. The summed E-state index contributed by atoms with van der Waals surface area (Å²) >= 11 is 0. The van der Waals surface area contributed by atoms with Crippen LogP contribution in [0.4, 0.5) is 4.79 Å². The van der Waals surface area contributed by atoms with Gasteiger partial charge in [0.1, 0.15) is 24.7 Å². The number of amides is 3. The number of nitrogens with one attached hydrogen (secondary N) is 2. The van der Waals surface area contributed by atoms with Gasteiger partial charge in [0.25, 0.3) is 0 Å². The van der Waals surface area contributed by atoms with Crippen LogP contribution in [0.25, 0.3) is 0 Å². The molecule has 0 heterocycles. The second kappa shape index (κ2) is 11.7. The van der Waals surface area contributed by atoms with E-state index in [4.69, 9.17) is 15.2 Å². The van der Waals surface area contributed by atoms with Crippen LogP contribution in [0.15, 0.2) is 30.3 Å². The summed E-state index contributed by atoms with van der Waals surface area (Å²) in [4.78, 5) is 59.7. The van der Waals surface area contributed by atoms with Crippen LogP contribution in [-0.2, 0) is 35.3 Å². The standard InChI is InChI=1S/C21H29N3O7/c1-13(16(25)11-18(27)30-12-14-8-6-5-7-9-14)23-19(28)15(10-17(22)26)24-20(29)31-21(2,3)4/h5-9,13,15H,10-12H2,1-4H3,(H2,22,26)(H,23,28)(H,24,29)/t13-,15-/m0/s1. The number of rotatable bonds is 10. The lowest BCUT2D eigenvalue weighted by molar-refractivity contribution is -0.148. The number of Topliss-reactive ketones (excluding diaryl/α,β-unsaturated/α-hetero) is 1. The summed E-state index contributed by atoms with van der Waals surface area (Å²) in [6, 6.07) is 6.55. The molecule has 0 fully saturated rings. The van der Waals surface area contributed by atoms with Crippen molar-refractivity contribution in [1.29, 1.82) is 0 Å². The molecule has 3 amide bonds. The van der Waals surface area contributed by atoms with Crippen molar-refractivity contribution in [2.24, 2.45) is 5.73 Å². The van der Waals surface area contributed by atoms with Crippen LogP contribution < -0.4 is 16.4 Å². The molecule has 0 unspecified atom stereocenters. The molecule has 31 heavy (non-hydrogen) atoms. The van der Waals surface area contributed by atoms with Crippen LogP contribution >= 0.6 is 0 Å². The van der Waals surface area contributed by atoms with Crippen LogP contribution in [0, 0.1) is 0 Å². The molecule has 0 aromatic heterocycles. The summed E-state index contributed by atoms with van der Waals surface area (Å²) in [5.41, 5.74) is 5.09. The number of ether oxygens (including phenoxy) is 2. The molecule has 1 aromatic rings. The van der Waals surface area contributed by atoms with E-state index in [9.17, 15) is 24.0 Å². The van der Waals surface area contributed by atoms with Crippen LogP contribution in [0.1, 0.15) is 46.1 Å². The third kappa shape index (κ3) is 10.8. The van der Waals surface area contributed by atoms with E-state index in [0.29, 0.717) is 0 Å². The fourth-order valence-electron chi connectivity index (χ4n) is 2.34. The largest absolute Gasteiger partial charge is 0.460 e. The van der Waals surface area contributed by atoms with Gasteiger partial charge < -0.3 is 25.8 Å². The third-order valence-corrected chi connectivity index (χ3v) is 3.82. The van der Waals surface area contributed by atoms with Gasteiger partial charge in [-0.25, -0.2) is 4.79 Å². The van der Waals surface area contributed by atoms with Crippen molar-refractivity contribution in [2.75, 3.05) is 0 Å². The summed E-state index contributed by atoms with van der Waals surface area (Å²) in [7, 11) is 0. The van der Waals surface area contributed by atoms with E-state index in [1.165, 1.54) is 6.92 Å². The Kier molecular flexibility index (Phi) is 9.65. The minimum absolute atomic E-state index is 0.0220. The lowest BCUT2D eigenvalue weighted by Crippen LogP contribution is -2.52. The summed E-state index contributed by atoms with van der Waals surface area (Å²) in [5.74, 6) is -2.99. The Hall–Kier alpha value is -3.43. The number of esters is 1. The van der Waals surface area contributed by atoms with Crippen molar-refractivity contribution in [3.05, 3.63) is 35.9 Å². The quantitative estimate of drug-likeness (QED) is 0.365. The van der Waals surface area contributed by atoms with Gasteiger partial charge in [-0.15, -0.1) is 0 Å². The fraction of sp³-hybridized carbons (Fsp3) is 0.476. The first kappa shape index (κ1) is 25.6. The van der Waals surface area contributed by atoms with E-state index in [1.807, 2.05) is 6.07 Å². The molecule has 1 rings (SSSR count). The average Bonchev–Trinajstić information content (AvgIpc) is 2.64. The number of benzene rings is 1. The van der Waals surface area contributed by atoms with Crippen LogP contribution in [-0.4, -0.2) is 47.3 Å². The second-order valence-corrected chi connectivity index (χ2v) is 7.89. The normalized spacial score (nSPS) is 12.8. The first-order valence-electron chi connectivity index (χ1n) is 9.68. The maximum absolute atomic E-state index is 12.4. The zero-order chi connectivity index (χ0) is 23.6. The molecule has 10 nitrogen and oxygen atoms in total. The maximum Gasteiger partial charge on any atom is 0.408 e. The molecule has 1 aromatic carbocycles. The predicted molar refractivity (Wildman–Crippen MR) is 110 cm³/mol. The lowest BCUT2D eigenvalue weighted by atomic mass is 10.1. The highest BCUT2D eigenvalue weighted by Gasteiger charge is 2.28. The maximum atomic E-state index is 12.4. The van der Waals surface area contributed by atoms with Crippen molar-refractivity contribution in [3.8, 4) is 0 Å². The molecule has 0 aliphatic rings. The van der Waals surface area contributed by atoms with Crippen molar-refractivity contribution in [3.63, 3.8) is 0 Å². The Morgan fingerprint density at radius 3 is 2.19 bits per heavy atom. The molecule has 0 saturated carbocycles. The summed E-state index contributed by atoms with van der Waals surface area (Å²) < 4.78 is 10.1. The average molecular weight is 435 g/mol. The molecule has 0 aliphatic carbocycles. The Morgan fingerprint density at radius 2 is 1.65 bits per heavy atom. The SMILES string of the molecule is C[C@H](NC(=O)[C@H](CC(N)=O)NC(=O)OC(C)(C)C)C(=O)CC(=O)OCc1ccccc1. The highest BCUT2D eigenvalue weighted by atomic mass is 16.6. The van der Waals surface area contributed by atoms with E-state index in [1.54, 1.807) is 45.0 Å². The van der Waals surface area contributed by atoms with Gasteiger partial charge in [0.2, 0.25) is 11.8 Å². The first-order chi connectivity index (χ1) is 14.4. The van der Waals surface area contributed by atoms with Gasteiger partial charge in [-0.1, -0.05) is 30.3 Å². The van der Waals surface area contributed by atoms with Gasteiger partial charge in [0, 0.05) is 0 Å². The molecule has 0 bridgehead atoms. The molecular formula is C21H29N3O7. The number of hydrogen-bond acceptors (Lipinski definition) is 7. The zero-order valence-corrected chi connectivity index (χ0v) is 18.1. The molecule has 2 atom stereocenters.